The molecule has 0 saturated heterocycles. The maximum atomic E-state index is 11.7. The average Bonchev–Trinajstić information content (AvgIpc) is 2.28. The number of carbonyl (C=O) groups excluding carboxylic acids is 2. The summed E-state index contributed by atoms with van der Waals surface area (Å²) >= 11 is 0. The maximum Gasteiger partial charge on any atom is 0.240 e. The third-order valence-corrected chi connectivity index (χ3v) is 2.86. The molecule has 0 aliphatic heterocycles. The quantitative estimate of drug-likeness (QED) is 0.859. The number of hydrogen-bond acceptors (Lipinski definition) is 2. The summed E-state index contributed by atoms with van der Waals surface area (Å²) in [5, 5.41) is 0. The molecule has 98 valence electrons. The highest BCUT2D eigenvalue weighted by Gasteiger charge is 2.28. The standard InChI is InChI=1S/C14H20N2O2/c1-10(2)13(14(15)18)16(11(3)17)9-12-7-5-4-6-8-12/h4-8,10,13H,9H2,1-3H3,(H2,15,18). The lowest BCUT2D eigenvalue weighted by molar-refractivity contribution is -0.140. The van der Waals surface area contributed by atoms with E-state index in [1.165, 1.54) is 11.8 Å². The number of amides is 2. The zero-order valence-electron chi connectivity index (χ0n) is 11.1. The van der Waals surface area contributed by atoms with Gasteiger partial charge in [0.15, 0.2) is 0 Å². The van der Waals surface area contributed by atoms with Crippen molar-refractivity contribution in [1.82, 2.24) is 4.90 Å². The van der Waals surface area contributed by atoms with Crippen molar-refractivity contribution in [2.45, 2.75) is 33.4 Å². The Bertz CT molecular complexity index is 415. The van der Waals surface area contributed by atoms with E-state index in [4.69, 9.17) is 5.73 Å². The summed E-state index contributed by atoms with van der Waals surface area (Å²) in [6.07, 6.45) is 0. The minimum Gasteiger partial charge on any atom is -0.368 e. The van der Waals surface area contributed by atoms with Crippen LogP contribution < -0.4 is 5.73 Å². The topological polar surface area (TPSA) is 63.4 Å². The molecule has 0 heterocycles. The van der Waals surface area contributed by atoms with Gasteiger partial charge in [0.2, 0.25) is 11.8 Å². The zero-order chi connectivity index (χ0) is 13.7. The highest BCUT2D eigenvalue weighted by molar-refractivity contribution is 5.85. The Morgan fingerprint density at radius 3 is 2.17 bits per heavy atom. The van der Waals surface area contributed by atoms with Crippen LogP contribution in [0, 0.1) is 5.92 Å². The van der Waals surface area contributed by atoms with Crippen LogP contribution in [0.5, 0.6) is 0 Å². The molecule has 1 atom stereocenters. The highest BCUT2D eigenvalue weighted by Crippen LogP contribution is 2.15. The normalized spacial score (nSPS) is 12.2. The van der Waals surface area contributed by atoms with Crippen LogP contribution >= 0.6 is 0 Å². The predicted molar refractivity (Wildman–Crippen MR) is 70.5 cm³/mol. The van der Waals surface area contributed by atoms with E-state index in [0.717, 1.165) is 5.56 Å². The maximum absolute atomic E-state index is 11.7. The van der Waals surface area contributed by atoms with Gasteiger partial charge >= 0.3 is 0 Å². The molecule has 4 nitrogen and oxygen atoms in total. The minimum absolute atomic E-state index is 0.00453. The van der Waals surface area contributed by atoms with Gasteiger partial charge in [-0.15, -0.1) is 0 Å². The molecule has 0 radical (unpaired) electrons. The van der Waals surface area contributed by atoms with E-state index >= 15 is 0 Å². The second-order valence-corrected chi connectivity index (χ2v) is 4.72. The molecule has 0 aromatic heterocycles. The van der Waals surface area contributed by atoms with Gasteiger partial charge in [0.05, 0.1) is 0 Å². The van der Waals surface area contributed by atoms with Gasteiger partial charge < -0.3 is 10.6 Å². The van der Waals surface area contributed by atoms with Crippen LogP contribution in [0.1, 0.15) is 26.3 Å². The van der Waals surface area contributed by atoms with Gasteiger partial charge in [-0.3, -0.25) is 9.59 Å². The number of carbonyl (C=O) groups is 2. The van der Waals surface area contributed by atoms with Gasteiger partial charge in [-0.25, -0.2) is 0 Å². The smallest absolute Gasteiger partial charge is 0.240 e. The Balaban J connectivity index is 2.95. The molecule has 0 aliphatic rings. The van der Waals surface area contributed by atoms with E-state index in [0.29, 0.717) is 6.54 Å². The minimum atomic E-state index is -0.567. The summed E-state index contributed by atoms with van der Waals surface area (Å²) in [5.74, 6) is -0.609. The summed E-state index contributed by atoms with van der Waals surface area (Å²) in [6.45, 7) is 5.63. The zero-order valence-corrected chi connectivity index (χ0v) is 11.1. The second kappa shape index (κ2) is 6.19. The van der Waals surface area contributed by atoms with Crippen LogP contribution in [0.4, 0.5) is 0 Å². The van der Waals surface area contributed by atoms with Crippen molar-refractivity contribution >= 4 is 11.8 Å². The number of nitrogens with zero attached hydrogens (tertiary/aromatic N) is 1. The SMILES string of the molecule is CC(=O)N(Cc1ccccc1)C(C(N)=O)C(C)C. The van der Waals surface area contributed by atoms with Crippen molar-refractivity contribution in [3.8, 4) is 0 Å². The Labute approximate surface area is 108 Å². The number of nitrogens with two attached hydrogens (primary N) is 1. The van der Waals surface area contributed by atoms with Crippen molar-refractivity contribution in [2.24, 2.45) is 11.7 Å². The summed E-state index contributed by atoms with van der Waals surface area (Å²) in [5.41, 5.74) is 6.38. The van der Waals surface area contributed by atoms with Crippen LogP contribution in [0.2, 0.25) is 0 Å². The number of primary amides is 1. The van der Waals surface area contributed by atoms with Crippen molar-refractivity contribution in [3.05, 3.63) is 35.9 Å². The molecular weight excluding hydrogens is 228 g/mol. The molecule has 0 saturated carbocycles. The molecule has 2 amide bonds. The van der Waals surface area contributed by atoms with Gasteiger partial charge in [0, 0.05) is 13.5 Å². The van der Waals surface area contributed by atoms with Gasteiger partial charge in [0.25, 0.3) is 0 Å². The monoisotopic (exact) mass is 248 g/mol. The Kier molecular flexibility index (Phi) is 4.89. The third-order valence-electron chi connectivity index (χ3n) is 2.86. The van der Waals surface area contributed by atoms with Crippen molar-refractivity contribution < 1.29 is 9.59 Å². The van der Waals surface area contributed by atoms with Crippen LogP contribution in [0.15, 0.2) is 30.3 Å². The summed E-state index contributed by atoms with van der Waals surface area (Å²) < 4.78 is 0. The Hall–Kier alpha value is -1.84. The number of benzene rings is 1. The second-order valence-electron chi connectivity index (χ2n) is 4.72. The molecule has 1 aromatic rings. The fourth-order valence-electron chi connectivity index (χ4n) is 2.03. The van der Waals surface area contributed by atoms with Crippen LogP contribution in [0.25, 0.3) is 0 Å². The molecule has 18 heavy (non-hydrogen) atoms. The molecule has 0 bridgehead atoms. The molecule has 1 unspecified atom stereocenters. The lowest BCUT2D eigenvalue weighted by Gasteiger charge is -2.31. The first kappa shape index (κ1) is 14.2. The summed E-state index contributed by atoms with van der Waals surface area (Å²) in [7, 11) is 0. The van der Waals surface area contributed by atoms with Crippen molar-refractivity contribution in [1.29, 1.82) is 0 Å². The van der Waals surface area contributed by atoms with Gasteiger partial charge in [-0.1, -0.05) is 44.2 Å². The van der Waals surface area contributed by atoms with E-state index < -0.39 is 11.9 Å². The molecule has 0 fully saturated rings. The average molecular weight is 248 g/mol. The van der Waals surface area contributed by atoms with Crippen molar-refractivity contribution in [3.63, 3.8) is 0 Å². The van der Waals surface area contributed by atoms with E-state index in [1.807, 2.05) is 44.2 Å². The first-order valence-electron chi connectivity index (χ1n) is 6.04. The van der Waals surface area contributed by atoms with Crippen LogP contribution in [-0.2, 0) is 16.1 Å². The van der Waals surface area contributed by atoms with Crippen molar-refractivity contribution in [2.75, 3.05) is 0 Å². The largest absolute Gasteiger partial charge is 0.368 e. The van der Waals surface area contributed by atoms with E-state index in [1.54, 1.807) is 0 Å². The molecular formula is C14H20N2O2. The van der Waals surface area contributed by atoms with E-state index in [2.05, 4.69) is 0 Å². The fourth-order valence-corrected chi connectivity index (χ4v) is 2.03. The summed E-state index contributed by atoms with van der Waals surface area (Å²) in [6, 6.07) is 9.01. The lowest BCUT2D eigenvalue weighted by Crippen LogP contribution is -2.49. The summed E-state index contributed by atoms with van der Waals surface area (Å²) in [4.78, 5) is 24.8. The highest BCUT2D eigenvalue weighted by atomic mass is 16.2. The fraction of sp³-hybridized carbons (Fsp3) is 0.429. The molecule has 0 spiro atoms. The van der Waals surface area contributed by atoms with E-state index in [9.17, 15) is 9.59 Å². The first-order chi connectivity index (χ1) is 8.43. The molecule has 0 aliphatic carbocycles. The van der Waals surface area contributed by atoms with E-state index in [-0.39, 0.29) is 11.8 Å². The molecule has 1 rings (SSSR count). The number of rotatable bonds is 5. The van der Waals surface area contributed by atoms with Gasteiger partial charge in [-0.05, 0) is 11.5 Å². The Morgan fingerprint density at radius 1 is 1.22 bits per heavy atom. The first-order valence-corrected chi connectivity index (χ1v) is 6.04. The lowest BCUT2D eigenvalue weighted by atomic mass is 10.0. The predicted octanol–water partition coefficient (Wildman–Crippen LogP) is 1.54. The molecule has 4 heteroatoms. The molecule has 2 N–H and O–H groups in total. The third kappa shape index (κ3) is 3.58. The Morgan fingerprint density at radius 2 is 1.78 bits per heavy atom. The van der Waals surface area contributed by atoms with Crippen LogP contribution in [0.3, 0.4) is 0 Å². The van der Waals surface area contributed by atoms with Gasteiger partial charge in [-0.2, -0.15) is 0 Å². The number of hydrogen-bond donors (Lipinski definition) is 1. The van der Waals surface area contributed by atoms with Crippen LogP contribution in [-0.4, -0.2) is 22.8 Å². The van der Waals surface area contributed by atoms with Gasteiger partial charge in [0.1, 0.15) is 6.04 Å². The molecule has 1 aromatic carbocycles.